The van der Waals surface area contributed by atoms with Crippen molar-refractivity contribution < 1.29 is 22.4 Å². The van der Waals surface area contributed by atoms with Crippen molar-refractivity contribution in [2.45, 2.75) is 48.6 Å². The molecule has 1 unspecified atom stereocenters. The van der Waals surface area contributed by atoms with Crippen LogP contribution in [0.4, 0.5) is 10.1 Å². The molecule has 0 saturated carbocycles. The van der Waals surface area contributed by atoms with Gasteiger partial charge >= 0.3 is 0 Å². The molecule has 8 heteroatoms. The van der Waals surface area contributed by atoms with E-state index in [-0.39, 0.29) is 45.1 Å². The third-order valence-corrected chi connectivity index (χ3v) is 8.65. The molecule has 3 aromatic rings. The average molecular weight is 493 g/mol. The monoisotopic (exact) mass is 492 g/mol. The van der Waals surface area contributed by atoms with E-state index in [1.807, 2.05) is 6.92 Å². The van der Waals surface area contributed by atoms with Crippen LogP contribution in [-0.4, -0.2) is 37.7 Å². The second-order valence-corrected chi connectivity index (χ2v) is 10.9. The van der Waals surface area contributed by atoms with Gasteiger partial charge in [0.15, 0.2) is 0 Å². The van der Waals surface area contributed by atoms with Crippen LogP contribution in [0, 0.1) is 5.82 Å². The maximum absolute atomic E-state index is 14.6. The van der Waals surface area contributed by atoms with Gasteiger partial charge in [-0.2, -0.15) is 0 Å². The Kier molecular flexibility index (Phi) is 5.92. The molecular formula is C27H25FN2O4S. The van der Waals surface area contributed by atoms with Gasteiger partial charge in [-0.05, 0) is 62.6 Å². The fourth-order valence-corrected chi connectivity index (χ4v) is 6.49. The second kappa shape index (κ2) is 8.92. The summed E-state index contributed by atoms with van der Waals surface area (Å²) in [4.78, 5) is 29.9. The SMILES string of the molecule is CC1CCCCN1C(=O)c1ccc2c(c1)N(Cc1ccccc1F)C(=O)c1ccccc1S2(=O)=O. The number of amides is 2. The number of carbonyl (C=O) groups excluding carboxylic acids is 2. The Morgan fingerprint density at radius 1 is 1.00 bits per heavy atom. The van der Waals surface area contributed by atoms with Gasteiger partial charge in [0, 0.05) is 23.7 Å². The summed E-state index contributed by atoms with van der Waals surface area (Å²) >= 11 is 0. The Balaban J connectivity index is 1.68. The molecule has 5 rings (SSSR count). The summed E-state index contributed by atoms with van der Waals surface area (Å²) in [6, 6.07) is 16.5. The van der Waals surface area contributed by atoms with Crippen molar-refractivity contribution in [3.63, 3.8) is 0 Å². The van der Waals surface area contributed by atoms with Crippen LogP contribution in [0.15, 0.2) is 76.5 Å². The molecule has 1 fully saturated rings. The molecule has 2 aliphatic heterocycles. The highest BCUT2D eigenvalue weighted by atomic mass is 32.2. The molecular weight excluding hydrogens is 467 g/mol. The van der Waals surface area contributed by atoms with Crippen LogP contribution in [-0.2, 0) is 16.4 Å². The van der Waals surface area contributed by atoms with Gasteiger partial charge in [-0.15, -0.1) is 0 Å². The molecule has 3 aromatic carbocycles. The molecule has 0 aromatic heterocycles. The molecule has 0 aliphatic carbocycles. The largest absolute Gasteiger partial charge is 0.336 e. The normalized spacial score (nSPS) is 19.0. The first-order valence-electron chi connectivity index (χ1n) is 11.6. The number of sulfone groups is 1. The Morgan fingerprint density at radius 3 is 2.51 bits per heavy atom. The van der Waals surface area contributed by atoms with Gasteiger partial charge in [0.2, 0.25) is 9.84 Å². The number of benzene rings is 3. The van der Waals surface area contributed by atoms with E-state index in [1.54, 1.807) is 35.2 Å². The predicted octanol–water partition coefficient (Wildman–Crippen LogP) is 4.83. The second-order valence-electron chi connectivity index (χ2n) is 9.01. The van der Waals surface area contributed by atoms with E-state index in [0.717, 1.165) is 19.3 Å². The van der Waals surface area contributed by atoms with Gasteiger partial charge in [-0.25, -0.2) is 12.8 Å². The lowest BCUT2D eigenvalue weighted by Gasteiger charge is -2.33. The van der Waals surface area contributed by atoms with Crippen LogP contribution in [0.3, 0.4) is 0 Å². The lowest BCUT2D eigenvalue weighted by Crippen LogP contribution is -2.42. The Hall–Kier alpha value is -3.52. The van der Waals surface area contributed by atoms with Gasteiger partial charge in [0.05, 0.1) is 27.6 Å². The summed E-state index contributed by atoms with van der Waals surface area (Å²) in [7, 11) is -4.07. The van der Waals surface area contributed by atoms with Crippen molar-refractivity contribution in [2.24, 2.45) is 0 Å². The van der Waals surface area contributed by atoms with E-state index in [0.29, 0.717) is 12.1 Å². The molecule has 2 amide bonds. The summed E-state index contributed by atoms with van der Waals surface area (Å²) in [5.74, 6) is -1.28. The first-order valence-corrected chi connectivity index (χ1v) is 13.1. The first kappa shape index (κ1) is 23.2. The average Bonchev–Trinajstić information content (AvgIpc) is 2.93. The lowest BCUT2D eigenvalue weighted by molar-refractivity contribution is 0.0635. The van der Waals surface area contributed by atoms with Gasteiger partial charge in [-0.3, -0.25) is 9.59 Å². The van der Waals surface area contributed by atoms with E-state index < -0.39 is 21.6 Å². The minimum absolute atomic E-state index is 0.0116. The molecule has 2 aliphatic rings. The maximum Gasteiger partial charge on any atom is 0.259 e. The Morgan fingerprint density at radius 2 is 1.74 bits per heavy atom. The van der Waals surface area contributed by atoms with Crippen LogP contribution < -0.4 is 4.90 Å². The van der Waals surface area contributed by atoms with E-state index in [2.05, 4.69) is 0 Å². The fraction of sp³-hybridized carbons (Fsp3) is 0.259. The maximum atomic E-state index is 14.6. The number of carbonyl (C=O) groups is 2. The van der Waals surface area contributed by atoms with Crippen LogP contribution in [0.25, 0.3) is 0 Å². The van der Waals surface area contributed by atoms with Crippen molar-refractivity contribution in [3.8, 4) is 0 Å². The van der Waals surface area contributed by atoms with Crippen molar-refractivity contribution >= 4 is 27.3 Å². The third kappa shape index (κ3) is 4.01. The summed E-state index contributed by atoms with van der Waals surface area (Å²) in [6.45, 7) is 2.44. The summed E-state index contributed by atoms with van der Waals surface area (Å²) < 4.78 is 41.8. The Bertz CT molecular complexity index is 1440. The van der Waals surface area contributed by atoms with Gasteiger partial charge < -0.3 is 9.80 Å². The van der Waals surface area contributed by atoms with Gasteiger partial charge in [0.1, 0.15) is 5.82 Å². The molecule has 6 nitrogen and oxygen atoms in total. The smallest absolute Gasteiger partial charge is 0.259 e. The van der Waals surface area contributed by atoms with Crippen LogP contribution in [0.5, 0.6) is 0 Å². The fourth-order valence-electron chi connectivity index (χ4n) is 4.86. The molecule has 1 atom stereocenters. The summed E-state index contributed by atoms with van der Waals surface area (Å²) in [5, 5.41) is 0. The van der Waals surface area contributed by atoms with Crippen LogP contribution in [0.1, 0.15) is 52.5 Å². The number of likely N-dealkylation sites (tertiary alicyclic amines) is 1. The molecule has 0 N–H and O–H groups in total. The zero-order valence-electron chi connectivity index (χ0n) is 19.3. The molecule has 1 saturated heterocycles. The van der Waals surface area contributed by atoms with Crippen molar-refractivity contribution in [2.75, 3.05) is 11.4 Å². The highest BCUT2D eigenvalue weighted by Gasteiger charge is 2.37. The molecule has 180 valence electrons. The van der Waals surface area contributed by atoms with Crippen LogP contribution in [0.2, 0.25) is 0 Å². The minimum atomic E-state index is -4.07. The van der Waals surface area contributed by atoms with E-state index >= 15 is 0 Å². The van der Waals surface area contributed by atoms with Gasteiger partial charge in [-0.1, -0.05) is 30.3 Å². The van der Waals surface area contributed by atoms with E-state index in [4.69, 9.17) is 0 Å². The number of piperidine rings is 1. The molecule has 0 spiro atoms. The van der Waals surface area contributed by atoms with Crippen molar-refractivity contribution in [3.05, 3.63) is 89.2 Å². The number of hydrogen-bond donors (Lipinski definition) is 0. The number of rotatable bonds is 3. The quantitative estimate of drug-likeness (QED) is 0.525. The highest BCUT2D eigenvalue weighted by molar-refractivity contribution is 7.91. The van der Waals surface area contributed by atoms with E-state index in [1.165, 1.54) is 41.3 Å². The number of fused-ring (bicyclic) bond motifs is 2. The number of anilines is 1. The lowest BCUT2D eigenvalue weighted by atomic mass is 10.0. The number of halogens is 1. The number of nitrogens with zero attached hydrogens (tertiary/aromatic N) is 2. The first-order chi connectivity index (χ1) is 16.8. The van der Waals surface area contributed by atoms with Crippen molar-refractivity contribution in [1.29, 1.82) is 0 Å². The Labute approximate surface area is 203 Å². The molecule has 2 heterocycles. The van der Waals surface area contributed by atoms with Crippen LogP contribution >= 0.6 is 0 Å². The zero-order chi connectivity index (χ0) is 24.7. The minimum Gasteiger partial charge on any atom is -0.336 e. The topological polar surface area (TPSA) is 74.8 Å². The molecule has 0 bridgehead atoms. The molecule has 35 heavy (non-hydrogen) atoms. The van der Waals surface area contributed by atoms with E-state index in [9.17, 15) is 22.4 Å². The zero-order valence-corrected chi connectivity index (χ0v) is 20.1. The number of hydrogen-bond acceptors (Lipinski definition) is 4. The van der Waals surface area contributed by atoms with Crippen molar-refractivity contribution in [1.82, 2.24) is 4.90 Å². The standard InChI is InChI=1S/C27H25FN2O4S/c1-18-8-6-7-15-29(18)26(31)19-13-14-25-23(16-19)30(17-20-9-2-4-11-22(20)28)27(32)21-10-3-5-12-24(21)35(25,33)34/h2-5,9-14,16,18H,6-8,15,17H2,1H3. The highest BCUT2D eigenvalue weighted by Crippen LogP contribution is 2.38. The van der Waals surface area contributed by atoms with Gasteiger partial charge in [0.25, 0.3) is 11.8 Å². The summed E-state index contributed by atoms with van der Waals surface area (Å²) in [5.41, 5.74) is 0.623. The summed E-state index contributed by atoms with van der Waals surface area (Å²) in [6.07, 6.45) is 2.86. The third-order valence-electron chi connectivity index (χ3n) is 6.79. The predicted molar refractivity (Wildman–Crippen MR) is 130 cm³/mol. The molecule has 0 radical (unpaired) electrons.